The minimum Gasteiger partial charge on any atom is -0.357 e. The molecule has 0 spiro atoms. The molecule has 0 aliphatic heterocycles. The molecule has 4 aromatic rings. The molecule has 0 aliphatic carbocycles. The molecule has 3 N–H and O–H groups in total. The number of nitrogens with two attached hydrogens (primary N) is 1. The fraction of sp³-hybridized carbons (Fsp3) is 0.263. The van der Waals surface area contributed by atoms with E-state index in [1.54, 1.807) is 0 Å². The number of aromatic amines is 1. The molecule has 3 aromatic heterocycles. The first-order valence-corrected chi connectivity index (χ1v) is 8.44. The molecule has 4 rings (SSSR count). The van der Waals surface area contributed by atoms with Gasteiger partial charge in [0.2, 0.25) is 0 Å². The van der Waals surface area contributed by atoms with E-state index in [1.807, 2.05) is 35.4 Å². The zero-order chi connectivity index (χ0) is 17.6. The molecule has 0 bridgehead atoms. The van der Waals surface area contributed by atoms with Gasteiger partial charge in [0, 0.05) is 37.1 Å². The number of nitrogens with one attached hydrogen (secondary N) is 1. The van der Waals surface area contributed by atoms with Gasteiger partial charge in [0.25, 0.3) is 5.56 Å². The highest BCUT2D eigenvalue weighted by molar-refractivity contribution is 6.05. The van der Waals surface area contributed by atoms with Crippen LogP contribution in [-0.2, 0) is 13.6 Å². The summed E-state index contributed by atoms with van der Waals surface area (Å²) in [6.45, 7) is 3.05. The summed E-state index contributed by atoms with van der Waals surface area (Å²) < 4.78 is 3.85. The van der Waals surface area contributed by atoms with Gasteiger partial charge in [-0.05, 0) is 49.2 Å². The van der Waals surface area contributed by atoms with E-state index in [-0.39, 0.29) is 5.56 Å². The summed E-state index contributed by atoms with van der Waals surface area (Å²) in [5, 5.41) is 9.01. The third-order valence-electron chi connectivity index (χ3n) is 4.70. The summed E-state index contributed by atoms with van der Waals surface area (Å²) in [6.07, 6.45) is 4.87. The Morgan fingerprint density at radius 3 is 2.80 bits per heavy atom. The van der Waals surface area contributed by atoms with Crippen molar-refractivity contribution in [3.05, 3.63) is 52.7 Å². The van der Waals surface area contributed by atoms with Crippen molar-refractivity contribution in [1.82, 2.24) is 19.3 Å². The second-order valence-electron chi connectivity index (χ2n) is 6.47. The second kappa shape index (κ2) is 5.89. The van der Waals surface area contributed by atoms with Crippen LogP contribution in [0.3, 0.4) is 0 Å². The summed E-state index contributed by atoms with van der Waals surface area (Å²) in [7, 11) is 2.00. The average Bonchev–Trinajstić information content (AvgIpc) is 3.21. The predicted octanol–water partition coefficient (Wildman–Crippen LogP) is 2.54. The maximum absolute atomic E-state index is 12.9. The van der Waals surface area contributed by atoms with Crippen molar-refractivity contribution in [1.29, 1.82) is 0 Å². The molecule has 0 unspecified atom stereocenters. The van der Waals surface area contributed by atoms with E-state index in [0.717, 1.165) is 39.7 Å². The van der Waals surface area contributed by atoms with Crippen LogP contribution < -0.4 is 11.3 Å². The SMILES string of the molecule is Cc1[nH]nc2c1c(=O)n(CCCN)c1ccc(-c3ccn(C)c3)cc21. The molecule has 0 fully saturated rings. The fourth-order valence-electron chi connectivity index (χ4n) is 3.42. The number of aryl methyl sites for hydroxylation is 3. The summed E-state index contributed by atoms with van der Waals surface area (Å²) in [5.41, 5.74) is 10.3. The van der Waals surface area contributed by atoms with E-state index < -0.39 is 0 Å². The fourth-order valence-corrected chi connectivity index (χ4v) is 3.42. The number of hydrogen-bond donors (Lipinski definition) is 2. The number of fused-ring (bicyclic) bond motifs is 3. The Labute approximate surface area is 144 Å². The van der Waals surface area contributed by atoms with Crippen molar-refractivity contribution in [3.8, 4) is 11.1 Å². The maximum Gasteiger partial charge on any atom is 0.262 e. The normalized spacial score (nSPS) is 11.6. The van der Waals surface area contributed by atoms with Gasteiger partial charge in [-0.3, -0.25) is 9.89 Å². The van der Waals surface area contributed by atoms with Crippen LogP contribution in [0.5, 0.6) is 0 Å². The molecule has 0 saturated heterocycles. The Kier molecular flexibility index (Phi) is 3.69. The highest BCUT2D eigenvalue weighted by atomic mass is 16.1. The Morgan fingerprint density at radius 2 is 2.08 bits per heavy atom. The van der Waals surface area contributed by atoms with Crippen LogP contribution in [-0.4, -0.2) is 25.9 Å². The minimum atomic E-state index is -0.00494. The number of aromatic nitrogens is 4. The minimum absolute atomic E-state index is 0.00494. The molecule has 0 saturated carbocycles. The van der Waals surface area contributed by atoms with Gasteiger partial charge in [-0.2, -0.15) is 5.10 Å². The van der Waals surface area contributed by atoms with Gasteiger partial charge in [0.1, 0.15) is 5.52 Å². The maximum atomic E-state index is 12.9. The smallest absolute Gasteiger partial charge is 0.262 e. The second-order valence-corrected chi connectivity index (χ2v) is 6.47. The van der Waals surface area contributed by atoms with Gasteiger partial charge in [0.15, 0.2) is 0 Å². The van der Waals surface area contributed by atoms with Gasteiger partial charge in [-0.1, -0.05) is 6.07 Å². The molecular weight excluding hydrogens is 314 g/mol. The topological polar surface area (TPSA) is 81.6 Å². The van der Waals surface area contributed by atoms with Crippen LogP contribution in [0.25, 0.3) is 32.9 Å². The molecule has 3 heterocycles. The van der Waals surface area contributed by atoms with Crippen molar-refractivity contribution < 1.29 is 0 Å². The quantitative estimate of drug-likeness (QED) is 0.601. The van der Waals surface area contributed by atoms with Gasteiger partial charge < -0.3 is 14.9 Å². The number of H-pyrrole nitrogens is 1. The van der Waals surface area contributed by atoms with Crippen molar-refractivity contribution in [2.24, 2.45) is 12.8 Å². The number of pyridine rings is 1. The average molecular weight is 335 g/mol. The van der Waals surface area contributed by atoms with Crippen LogP contribution in [0.4, 0.5) is 0 Å². The van der Waals surface area contributed by atoms with Gasteiger partial charge in [-0.15, -0.1) is 0 Å². The molecule has 0 aliphatic rings. The molecule has 6 nitrogen and oxygen atoms in total. The largest absolute Gasteiger partial charge is 0.357 e. The van der Waals surface area contributed by atoms with E-state index in [2.05, 4.69) is 34.6 Å². The lowest BCUT2D eigenvalue weighted by molar-refractivity contribution is 0.654. The third kappa shape index (κ3) is 2.46. The van der Waals surface area contributed by atoms with Crippen LogP contribution in [0.15, 0.2) is 41.5 Å². The van der Waals surface area contributed by atoms with E-state index >= 15 is 0 Å². The van der Waals surface area contributed by atoms with Gasteiger partial charge >= 0.3 is 0 Å². The number of rotatable bonds is 4. The van der Waals surface area contributed by atoms with E-state index in [1.165, 1.54) is 0 Å². The van der Waals surface area contributed by atoms with Crippen molar-refractivity contribution in [3.63, 3.8) is 0 Å². The van der Waals surface area contributed by atoms with Crippen molar-refractivity contribution in [2.75, 3.05) is 6.54 Å². The van der Waals surface area contributed by atoms with Crippen LogP contribution >= 0.6 is 0 Å². The monoisotopic (exact) mass is 335 g/mol. The molecule has 0 amide bonds. The van der Waals surface area contributed by atoms with E-state index in [4.69, 9.17) is 5.73 Å². The molecule has 128 valence electrons. The molecule has 6 heteroatoms. The first kappa shape index (κ1) is 15.7. The lowest BCUT2D eigenvalue weighted by Gasteiger charge is -2.12. The number of hydrogen-bond acceptors (Lipinski definition) is 3. The third-order valence-corrected chi connectivity index (χ3v) is 4.70. The first-order valence-electron chi connectivity index (χ1n) is 8.44. The Balaban J connectivity index is 2.05. The highest BCUT2D eigenvalue weighted by Crippen LogP contribution is 2.28. The van der Waals surface area contributed by atoms with Gasteiger partial charge in [-0.25, -0.2) is 0 Å². The molecule has 0 radical (unpaired) electrons. The van der Waals surface area contributed by atoms with Crippen molar-refractivity contribution in [2.45, 2.75) is 19.9 Å². The lowest BCUT2D eigenvalue weighted by atomic mass is 10.0. The summed E-state index contributed by atoms with van der Waals surface area (Å²) in [6, 6.07) is 8.27. The predicted molar refractivity (Wildman–Crippen MR) is 101 cm³/mol. The van der Waals surface area contributed by atoms with Gasteiger partial charge in [0.05, 0.1) is 10.9 Å². The summed E-state index contributed by atoms with van der Waals surface area (Å²) in [4.78, 5) is 12.9. The first-order chi connectivity index (χ1) is 12.1. The molecule has 1 aromatic carbocycles. The summed E-state index contributed by atoms with van der Waals surface area (Å²) in [5.74, 6) is 0. The Hall–Kier alpha value is -2.86. The summed E-state index contributed by atoms with van der Waals surface area (Å²) >= 11 is 0. The lowest BCUT2D eigenvalue weighted by Crippen LogP contribution is -2.22. The standard InChI is InChI=1S/C19H21N5O/c1-12-17-18(22-21-12)15-10-13(14-6-9-23(2)11-14)4-5-16(15)24(19(17)25)8-3-7-20/h4-6,9-11H,3,7-8,20H2,1-2H3,(H,21,22). The number of nitrogens with zero attached hydrogens (tertiary/aromatic N) is 3. The molecule has 25 heavy (non-hydrogen) atoms. The van der Waals surface area contributed by atoms with Crippen LogP contribution in [0.1, 0.15) is 12.1 Å². The Morgan fingerprint density at radius 1 is 1.24 bits per heavy atom. The highest BCUT2D eigenvalue weighted by Gasteiger charge is 2.16. The Bertz CT molecular complexity index is 1130. The number of benzene rings is 1. The van der Waals surface area contributed by atoms with E-state index in [9.17, 15) is 4.79 Å². The van der Waals surface area contributed by atoms with E-state index in [0.29, 0.717) is 18.5 Å². The zero-order valence-corrected chi connectivity index (χ0v) is 14.4. The molecule has 0 atom stereocenters. The van der Waals surface area contributed by atoms with Crippen molar-refractivity contribution >= 4 is 21.8 Å². The molecular formula is C19H21N5O. The van der Waals surface area contributed by atoms with Crippen LogP contribution in [0, 0.1) is 6.92 Å². The zero-order valence-electron chi connectivity index (χ0n) is 14.4. The van der Waals surface area contributed by atoms with Crippen LogP contribution in [0.2, 0.25) is 0 Å².